The van der Waals surface area contributed by atoms with Crippen LogP contribution in [0.4, 0.5) is 4.79 Å². The molecule has 19 heavy (non-hydrogen) atoms. The average molecular weight is 263 g/mol. The van der Waals surface area contributed by atoms with Gasteiger partial charge in [0.15, 0.2) is 0 Å². The Hall–Kier alpha value is -1.52. The first-order valence-corrected chi connectivity index (χ1v) is 6.96. The molecule has 0 radical (unpaired) electrons. The van der Waals surface area contributed by atoms with Gasteiger partial charge in [0, 0.05) is 19.0 Å². The van der Waals surface area contributed by atoms with Crippen LogP contribution in [0, 0.1) is 0 Å². The molecule has 0 aromatic carbocycles. The van der Waals surface area contributed by atoms with E-state index in [-0.39, 0.29) is 6.09 Å². The summed E-state index contributed by atoms with van der Waals surface area (Å²) in [6.45, 7) is 7.83. The quantitative estimate of drug-likeness (QED) is 0.782. The highest BCUT2D eigenvalue weighted by Crippen LogP contribution is 2.40. The minimum absolute atomic E-state index is 0.229. The van der Waals surface area contributed by atoms with Crippen LogP contribution in [-0.4, -0.2) is 32.7 Å². The van der Waals surface area contributed by atoms with E-state index in [1.54, 1.807) is 4.90 Å². The molecule has 0 N–H and O–H groups in total. The fraction of sp³-hybridized carbons (Fsp3) is 0.714. The number of imidazole rings is 1. The Balaban J connectivity index is 1.70. The Morgan fingerprint density at radius 3 is 2.74 bits per heavy atom. The van der Waals surface area contributed by atoms with Gasteiger partial charge in [0.2, 0.25) is 0 Å². The normalized spacial score (nSPS) is 19.2. The maximum atomic E-state index is 12.1. The molecule has 0 saturated heterocycles. The first kappa shape index (κ1) is 12.5. The Morgan fingerprint density at radius 2 is 2.11 bits per heavy atom. The fourth-order valence-electron chi connectivity index (χ4n) is 2.46. The Bertz CT molecular complexity index is 497. The summed E-state index contributed by atoms with van der Waals surface area (Å²) in [4.78, 5) is 18.3. The van der Waals surface area contributed by atoms with E-state index in [1.165, 1.54) is 18.7 Å². The van der Waals surface area contributed by atoms with E-state index in [0.29, 0.717) is 19.0 Å². The minimum Gasteiger partial charge on any atom is -0.444 e. The smallest absolute Gasteiger partial charge is 0.410 e. The van der Waals surface area contributed by atoms with E-state index in [1.807, 2.05) is 27.0 Å². The lowest BCUT2D eigenvalue weighted by molar-refractivity contribution is 0.0198. The van der Waals surface area contributed by atoms with E-state index in [4.69, 9.17) is 4.74 Å². The molecule has 1 aromatic heterocycles. The molecule has 3 rings (SSSR count). The van der Waals surface area contributed by atoms with Crippen molar-refractivity contribution in [2.24, 2.45) is 0 Å². The van der Waals surface area contributed by atoms with E-state index in [9.17, 15) is 4.79 Å². The van der Waals surface area contributed by atoms with Crippen LogP contribution >= 0.6 is 0 Å². The van der Waals surface area contributed by atoms with Gasteiger partial charge in [-0.25, -0.2) is 9.78 Å². The van der Waals surface area contributed by atoms with Crippen LogP contribution in [0.25, 0.3) is 0 Å². The highest BCUT2D eigenvalue weighted by molar-refractivity contribution is 5.68. The lowest BCUT2D eigenvalue weighted by Gasteiger charge is -2.31. The van der Waals surface area contributed by atoms with Gasteiger partial charge in [-0.05, 0) is 33.6 Å². The predicted molar refractivity (Wildman–Crippen MR) is 70.8 cm³/mol. The zero-order valence-electron chi connectivity index (χ0n) is 11.8. The van der Waals surface area contributed by atoms with Crippen molar-refractivity contribution in [3.05, 3.63) is 17.7 Å². The molecule has 1 aliphatic carbocycles. The van der Waals surface area contributed by atoms with E-state index < -0.39 is 5.60 Å². The maximum Gasteiger partial charge on any atom is 0.410 e. The highest BCUT2D eigenvalue weighted by Gasteiger charge is 2.32. The van der Waals surface area contributed by atoms with Gasteiger partial charge < -0.3 is 14.2 Å². The van der Waals surface area contributed by atoms with Gasteiger partial charge in [-0.2, -0.15) is 0 Å². The molecule has 1 aromatic rings. The number of aromatic nitrogens is 2. The number of carbonyl (C=O) groups is 1. The van der Waals surface area contributed by atoms with E-state index >= 15 is 0 Å². The van der Waals surface area contributed by atoms with Crippen molar-refractivity contribution in [3.8, 4) is 0 Å². The first-order valence-electron chi connectivity index (χ1n) is 6.96. The molecule has 0 atom stereocenters. The SMILES string of the molecule is CC(C)(C)OC(=O)N1CCn2c(cnc2C2CC2)C1. The second kappa shape index (κ2) is 4.25. The third kappa shape index (κ3) is 2.60. The number of fused-ring (bicyclic) bond motifs is 1. The van der Waals surface area contributed by atoms with Crippen LogP contribution in [0.15, 0.2) is 6.20 Å². The molecule has 2 heterocycles. The summed E-state index contributed by atoms with van der Waals surface area (Å²) in [5, 5.41) is 0. The topological polar surface area (TPSA) is 47.4 Å². The predicted octanol–water partition coefficient (Wildman–Crippen LogP) is 2.51. The van der Waals surface area contributed by atoms with Crippen LogP contribution in [-0.2, 0) is 17.8 Å². The standard InChI is InChI=1S/C14H21N3O2/c1-14(2,3)19-13(18)16-6-7-17-11(9-16)8-15-12(17)10-4-5-10/h8,10H,4-7,9H2,1-3H3. The lowest BCUT2D eigenvalue weighted by atomic mass is 10.2. The summed E-state index contributed by atoms with van der Waals surface area (Å²) in [5.41, 5.74) is 0.688. The van der Waals surface area contributed by atoms with Gasteiger partial charge in [-0.1, -0.05) is 0 Å². The first-order chi connectivity index (χ1) is 8.94. The van der Waals surface area contributed by atoms with E-state index in [0.717, 1.165) is 12.2 Å². The number of rotatable bonds is 1. The highest BCUT2D eigenvalue weighted by atomic mass is 16.6. The van der Waals surface area contributed by atoms with Gasteiger partial charge in [-0.15, -0.1) is 0 Å². The molecule has 0 spiro atoms. The van der Waals surface area contributed by atoms with Crippen molar-refractivity contribution in [1.29, 1.82) is 0 Å². The van der Waals surface area contributed by atoms with Crippen LogP contribution in [0.5, 0.6) is 0 Å². The Kier molecular flexibility index (Phi) is 2.80. The fourth-order valence-corrected chi connectivity index (χ4v) is 2.46. The summed E-state index contributed by atoms with van der Waals surface area (Å²) in [6.07, 6.45) is 4.19. The second-order valence-electron chi connectivity index (χ2n) is 6.44. The average Bonchev–Trinajstić information content (AvgIpc) is 3.06. The summed E-state index contributed by atoms with van der Waals surface area (Å²) in [6, 6.07) is 0. The Morgan fingerprint density at radius 1 is 1.37 bits per heavy atom. The molecule has 1 fully saturated rings. The summed E-state index contributed by atoms with van der Waals surface area (Å²) in [7, 11) is 0. The van der Waals surface area contributed by atoms with Gasteiger partial charge >= 0.3 is 6.09 Å². The van der Waals surface area contributed by atoms with Crippen LogP contribution in [0.1, 0.15) is 51.0 Å². The summed E-state index contributed by atoms with van der Waals surface area (Å²) < 4.78 is 7.69. The number of hydrogen-bond donors (Lipinski definition) is 0. The van der Waals surface area contributed by atoms with Crippen molar-refractivity contribution in [3.63, 3.8) is 0 Å². The van der Waals surface area contributed by atoms with Crippen molar-refractivity contribution in [2.75, 3.05) is 6.54 Å². The molecule has 1 saturated carbocycles. The minimum atomic E-state index is -0.437. The number of hydrogen-bond acceptors (Lipinski definition) is 3. The Labute approximate surface area is 113 Å². The number of carbonyl (C=O) groups excluding carboxylic acids is 1. The summed E-state index contributed by atoms with van der Waals surface area (Å²) in [5.74, 6) is 1.86. The van der Waals surface area contributed by atoms with Crippen molar-refractivity contribution in [2.45, 2.75) is 58.2 Å². The largest absolute Gasteiger partial charge is 0.444 e. The zero-order valence-corrected chi connectivity index (χ0v) is 11.8. The number of ether oxygens (including phenoxy) is 1. The van der Waals surface area contributed by atoms with Crippen LogP contribution in [0.2, 0.25) is 0 Å². The lowest BCUT2D eigenvalue weighted by Crippen LogP contribution is -2.41. The van der Waals surface area contributed by atoms with Gasteiger partial charge in [0.1, 0.15) is 11.4 Å². The molecule has 5 nitrogen and oxygen atoms in total. The molecule has 5 heteroatoms. The third-order valence-electron chi connectivity index (χ3n) is 3.51. The molecule has 0 bridgehead atoms. The molecule has 0 unspecified atom stereocenters. The second-order valence-corrected chi connectivity index (χ2v) is 6.44. The maximum absolute atomic E-state index is 12.1. The van der Waals surface area contributed by atoms with Crippen LogP contribution in [0.3, 0.4) is 0 Å². The molecule has 104 valence electrons. The molecule has 2 aliphatic rings. The third-order valence-corrected chi connectivity index (χ3v) is 3.51. The van der Waals surface area contributed by atoms with Crippen molar-refractivity contribution in [1.82, 2.24) is 14.5 Å². The monoisotopic (exact) mass is 263 g/mol. The van der Waals surface area contributed by atoms with Gasteiger partial charge in [-0.3, -0.25) is 0 Å². The zero-order chi connectivity index (χ0) is 13.6. The van der Waals surface area contributed by atoms with E-state index in [2.05, 4.69) is 9.55 Å². The van der Waals surface area contributed by atoms with Gasteiger partial charge in [0.05, 0.1) is 18.4 Å². The molecule has 1 aliphatic heterocycles. The number of amides is 1. The molecular formula is C14H21N3O2. The summed E-state index contributed by atoms with van der Waals surface area (Å²) >= 11 is 0. The van der Waals surface area contributed by atoms with Gasteiger partial charge in [0.25, 0.3) is 0 Å². The van der Waals surface area contributed by atoms with Crippen molar-refractivity contribution < 1.29 is 9.53 Å². The molecule has 1 amide bonds. The van der Waals surface area contributed by atoms with Crippen molar-refractivity contribution >= 4 is 6.09 Å². The van der Waals surface area contributed by atoms with Crippen LogP contribution < -0.4 is 0 Å². The number of nitrogens with zero attached hydrogens (tertiary/aromatic N) is 3. The molecular weight excluding hydrogens is 242 g/mol.